The third-order valence-electron chi connectivity index (χ3n) is 5.14. The second-order valence-corrected chi connectivity index (χ2v) is 8.02. The van der Waals surface area contributed by atoms with Gasteiger partial charge in [0.2, 0.25) is 0 Å². The number of amides is 4. The summed E-state index contributed by atoms with van der Waals surface area (Å²) in [4.78, 5) is 43.8. The van der Waals surface area contributed by atoms with Crippen LogP contribution in [-0.4, -0.2) is 80.0 Å². The van der Waals surface area contributed by atoms with Crippen LogP contribution < -0.4 is 5.48 Å². The van der Waals surface area contributed by atoms with Crippen LogP contribution in [0.1, 0.15) is 53.4 Å². The fourth-order valence-corrected chi connectivity index (χ4v) is 3.81. The van der Waals surface area contributed by atoms with E-state index >= 15 is 0 Å². The molecule has 3 N–H and O–H groups in total. The van der Waals surface area contributed by atoms with Crippen molar-refractivity contribution in [1.82, 2.24) is 20.3 Å². The van der Waals surface area contributed by atoms with Crippen LogP contribution in [0.15, 0.2) is 0 Å². The molecule has 3 atom stereocenters. The summed E-state index contributed by atoms with van der Waals surface area (Å²) < 4.78 is 0. The number of piperidine rings is 1. The average molecular weight is 386 g/mol. The molecule has 2 bridgehead atoms. The van der Waals surface area contributed by atoms with E-state index in [1.54, 1.807) is 0 Å². The van der Waals surface area contributed by atoms with Gasteiger partial charge in [0.15, 0.2) is 0 Å². The smallest absolute Gasteiger partial charge is 0.407 e. The molecule has 0 radical (unpaired) electrons. The maximum absolute atomic E-state index is 12.3. The van der Waals surface area contributed by atoms with E-state index in [1.165, 1.54) is 9.80 Å². The number of carbonyl (C=O) groups excluding carboxylic acids is 2. The van der Waals surface area contributed by atoms with Crippen molar-refractivity contribution >= 4 is 18.0 Å². The van der Waals surface area contributed by atoms with Gasteiger partial charge in [-0.25, -0.2) is 20.1 Å². The number of hydrogen-bond acceptors (Lipinski definition) is 5. The summed E-state index contributed by atoms with van der Waals surface area (Å²) in [6, 6.07) is -1.73. The number of fused-ring (bicyclic) bond motifs is 2. The van der Waals surface area contributed by atoms with Gasteiger partial charge in [-0.1, -0.05) is 6.92 Å². The van der Waals surface area contributed by atoms with Gasteiger partial charge in [-0.2, -0.15) is 0 Å². The van der Waals surface area contributed by atoms with Gasteiger partial charge in [0, 0.05) is 18.1 Å². The number of hydroxylamine groups is 3. The minimum Gasteiger partial charge on any atom is -0.465 e. The maximum Gasteiger partial charge on any atom is 0.407 e. The van der Waals surface area contributed by atoms with Crippen LogP contribution >= 0.6 is 0 Å². The Bertz CT molecular complexity index is 578. The third kappa shape index (κ3) is 4.62. The summed E-state index contributed by atoms with van der Waals surface area (Å²) in [5.41, 5.74) is 1.82. The van der Waals surface area contributed by atoms with Crippen LogP contribution in [0.2, 0.25) is 0 Å². The van der Waals surface area contributed by atoms with Crippen molar-refractivity contribution in [1.29, 1.82) is 0 Å². The van der Waals surface area contributed by atoms with Crippen LogP contribution in [0.25, 0.3) is 0 Å². The number of nitrogens with one attached hydrogen (secondary N) is 1. The van der Waals surface area contributed by atoms with Crippen molar-refractivity contribution in [3.8, 4) is 0 Å². The fourth-order valence-electron chi connectivity index (χ4n) is 3.81. The summed E-state index contributed by atoms with van der Waals surface area (Å²) in [6.45, 7) is 7.88. The molecule has 154 valence electrons. The van der Waals surface area contributed by atoms with Crippen LogP contribution in [0, 0.1) is 0 Å². The summed E-state index contributed by atoms with van der Waals surface area (Å²) in [7, 11) is 0. The molecule has 0 aromatic carbocycles. The molecule has 2 heterocycles. The van der Waals surface area contributed by atoms with Gasteiger partial charge in [0.25, 0.3) is 5.91 Å². The minimum absolute atomic E-state index is 0.152. The predicted molar refractivity (Wildman–Crippen MR) is 94.9 cm³/mol. The van der Waals surface area contributed by atoms with Gasteiger partial charge in [0.1, 0.15) is 6.04 Å². The van der Waals surface area contributed by atoms with Crippen LogP contribution in [0.4, 0.5) is 9.59 Å². The zero-order valence-electron chi connectivity index (χ0n) is 16.3. The Morgan fingerprint density at radius 3 is 2.59 bits per heavy atom. The number of carboxylic acid groups (broad SMARTS) is 1. The summed E-state index contributed by atoms with van der Waals surface area (Å²) >= 11 is 0. The molecule has 0 saturated carbocycles. The highest BCUT2D eigenvalue weighted by atomic mass is 16.7. The zero-order chi connectivity index (χ0) is 20.4. The third-order valence-corrected chi connectivity index (χ3v) is 5.14. The number of rotatable bonds is 7. The van der Waals surface area contributed by atoms with Gasteiger partial charge in [-0.3, -0.25) is 14.8 Å². The number of nitrogens with zero attached hydrogens (tertiary/aromatic N) is 3. The molecule has 2 saturated heterocycles. The molecule has 27 heavy (non-hydrogen) atoms. The molecule has 0 aromatic rings. The average Bonchev–Trinajstić information content (AvgIpc) is 2.80. The van der Waals surface area contributed by atoms with E-state index in [2.05, 4.69) is 5.48 Å². The highest BCUT2D eigenvalue weighted by Crippen LogP contribution is 2.28. The first-order valence-corrected chi connectivity index (χ1v) is 9.30. The molecule has 2 aliphatic rings. The van der Waals surface area contributed by atoms with E-state index in [0.29, 0.717) is 37.3 Å². The lowest BCUT2D eigenvalue weighted by Gasteiger charge is -2.39. The molecule has 2 fully saturated rings. The van der Waals surface area contributed by atoms with Gasteiger partial charge in [0.05, 0.1) is 12.6 Å². The molecule has 4 amide bonds. The van der Waals surface area contributed by atoms with E-state index in [4.69, 9.17) is 4.84 Å². The molecule has 0 aliphatic carbocycles. The van der Waals surface area contributed by atoms with Crippen molar-refractivity contribution in [3.05, 3.63) is 0 Å². The number of urea groups is 1. The lowest BCUT2D eigenvalue weighted by molar-refractivity contribution is -0.139. The Morgan fingerprint density at radius 2 is 2.04 bits per heavy atom. The molecule has 1 unspecified atom stereocenters. The molecule has 0 aromatic heterocycles. The summed E-state index contributed by atoms with van der Waals surface area (Å²) in [6.07, 6.45) is 1.07. The second-order valence-electron chi connectivity index (χ2n) is 8.02. The lowest BCUT2D eigenvalue weighted by Crippen LogP contribution is -2.52. The molecular formula is C17H30N4O6. The monoisotopic (exact) mass is 386 g/mol. The van der Waals surface area contributed by atoms with Gasteiger partial charge >= 0.3 is 12.1 Å². The Hall–Kier alpha value is -2.07. The number of hydrogen-bond donors (Lipinski definition) is 3. The van der Waals surface area contributed by atoms with Gasteiger partial charge < -0.3 is 14.9 Å². The van der Waals surface area contributed by atoms with E-state index in [1.807, 2.05) is 27.7 Å². The van der Waals surface area contributed by atoms with E-state index < -0.39 is 29.6 Å². The highest BCUT2D eigenvalue weighted by Gasteiger charge is 2.46. The maximum atomic E-state index is 12.3. The van der Waals surface area contributed by atoms with Crippen LogP contribution in [0.3, 0.4) is 0 Å². The Morgan fingerprint density at radius 1 is 1.37 bits per heavy atom. The first-order chi connectivity index (χ1) is 12.6. The molecule has 10 nitrogen and oxygen atoms in total. The first-order valence-electron chi connectivity index (χ1n) is 9.30. The van der Waals surface area contributed by atoms with Crippen molar-refractivity contribution in [2.75, 3.05) is 13.2 Å². The fraction of sp³-hybridized carbons (Fsp3) is 0.824. The summed E-state index contributed by atoms with van der Waals surface area (Å²) in [5, 5.41) is 19.8. The quantitative estimate of drug-likeness (QED) is 0.347. The standard InChI is InChI=1S/C17H30N4O6/c1-5-11(20(16(24)25)17(2,3)4)8-9-27-18-14(22)13-7-6-12-10-19(13)15(23)21(12)26/h11-13,26H,5-10H2,1-4H3,(H,18,22)(H,24,25)/t11?,12-,13+/m1/s1. The number of carbonyl (C=O) groups is 3. The normalized spacial score (nSPS) is 23.4. The molecule has 0 spiro atoms. The minimum atomic E-state index is -0.990. The topological polar surface area (TPSA) is 123 Å². The van der Waals surface area contributed by atoms with Crippen molar-refractivity contribution in [2.45, 2.75) is 77.0 Å². The van der Waals surface area contributed by atoms with Crippen molar-refractivity contribution in [2.24, 2.45) is 0 Å². The highest BCUT2D eigenvalue weighted by molar-refractivity contribution is 5.87. The Kier molecular flexibility index (Phi) is 6.53. The molecular weight excluding hydrogens is 356 g/mol. The Labute approximate surface area is 158 Å². The van der Waals surface area contributed by atoms with E-state index in [-0.39, 0.29) is 18.7 Å². The van der Waals surface area contributed by atoms with Gasteiger partial charge in [-0.05, 0) is 46.5 Å². The molecule has 10 heteroatoms. The van der Waals surface area contributed by atoms with E-state index in [9.17, 15) is 24.7 Å². The molecule has 2 rings (SSSR count). The second kappa shape index (κ2) is 8.30. The summed E-state index contributed by atoms with van der Waals surface area (Å²) in [5.74, 6) is -0.434. The zero-order valence-corrected chi connectivity index (χ0v) is 16.3. The Balaban J connectivity index is 1.82. The van der Waals surface area contributed by atoms with Crippen molar-refractivity contribution < 1.29 is 29.5 Å². The largest absolute Gasteiger partial charge is 0.465 e. The SMILES string of the molecule is CCC(CCONC(=O)[C@@H]1CC[C@@H]2CN1C(=O)N2O)N(C(=O)O)C(C)(C)C. The van der Waals surface area contributed by atoms with Gasteiger partial charge in [-0.15, -0.1) is 0 Å². The van der Waals surface area contributed by atoms with E-state index in [0.717, 1.165) is 0 Å². The lowest BCUT2D eigenvalue weighted by atomic mass is 10.0. The first kappa shape index (κ1) is 21.2. The van der Waals surface area contributed by atoms with Crippen LogP contribution in [-0.2, 0) is 9.63 Å². The van der Waals surface area contributed by atoms with Crippen molar-refractivity contribution in [3.63, 3.8) is 0 Å². The van der Waals surface area contributed by atoms with Crippen LogP contribution in [0.5, 0.6) is 0 Å². The predicted octanol–water partition coefficient (Wildman–Crippen LogP) is 1.64. The molecule has 2 aliphatic heterocycles.